The first-order valence-electron chi connectivity index (χ1n) is 16.9. The summed E-state index contributed by atoms with van der Waals surface area (Å²) in [7, 11) is 1.57. The molecule has 0 saturated carbocycles. The number of nitrogens with one attached hydrogen (secondary N) is 2. The smallest absolute Gasteiger partial charge is 0.321 e. The molecule has 4 N–H and O–H groups in total. The van der Waals surface area contributed by atoms with E-state index in [9.17, 15) is 24.6 Å². The number of ether oxygens (including phenoxy) is 1. The van der Waals surface area contributed by atoms with E-state index in [0.717, 1.165) is 17.5 Å². The van der Waals surface area contributed by atoms with Gasteiger partial charge in [-0.3, -0.25) is 23.7 Å². The Balaban J connectivity index is 1.14. The van der Waals surface area contributed by atoms with Gasteiger partial charge in [0.2, 0.25) is 11.8 Å². The Bertz CT molecular complexity index is 2250. The van der Waals surface area contributed by atoms with E-state index in [0.29, 0.717) is 74.6 Å². The van der Waals surface area contributed by atoms with Gasteiger partial charge in [-0.15, -0.1) is 0 Å². The molecule has 0 aliphatic carbocycles. The van der Waals surface area contributed by atoms with E-state index in [1.54, 1.807) is 30.3 Å². The molecule has 2 fully saturated rings. The van der Waals surface area contributed by atoms with E-state index < -0.39 is 18.1 Å². The third-order valence-corrected chi connectivity index (χ3v) is 10.4. The first-order chi connectivity index (χ1) is 25.1. The van der Waals surface area contributed by atoms with Gasteiger partial charge in [-0.05, 0) is 30.2 Å². The molecule has 5 heterocycles. The standard InChI is InChI=1S/C38H36Cl2N6O6/c1-52-36-22(16-41-18-24-9-11-33(48)43-24)8-10-30(44-36)29-7-3-6-28(35(29)40)27-5-2-4-26(34(27)39)21-12-13-46-32(14-21)42-17-23(37(46)49)19-45-20-25(47)15-31(45)38(50)51/h2-8,10,12-14,17,24-25,31,41,47H,9,11,15-16,18-20H2,1H3,(H,43,48)(H,50,51)/t24-,25-,31-/m1/s1. The number of carboxylic acid groups (broad SMARTS) is 1. The number of aliphatic hydroxyl groups excluding tert-OH is 1. The summed E-state index contributed by atoms with van der Waals surface area (Å²) in [6.07, 6.45) is 3.79. The second-order valence-electron chi connectivity index (χ2n) is 13.0. The Morgan fingerprint density at radius 3 is 2.46 bits per heavy atom. The van der Waals surface area contributed by atoms with Gasteiger partial charge in [0.25, 0.3) is 5.56 Å². The maximum Gasteiger partial charge on any atom is 0.321 e. The number of pyridine rings is 2. The van der Waals surface area contributed by atoms with Crippen LogP contribution in [0, 0.1) is 0 Å². The number of β-amino-alcohol motifs (C(OH)–C–C–N with tert-alkyl or cyclic N) is 1. The Labute approximate surface area is 309 Å². The lowest BCUT2D eigenvalue weighted by Crippen LogP contribution is -2.37. The molecule has 7 rings (SSSR count). The number of fused-ring (bicyclic) bond motifs is 1. The number of carbonyl (C=O) groups is 2. The lowest BCUT2D eigenvalue weighted by Gasteiger charge is -2.20. The van der Waals surface area contributed by atoms with Crippen molar-refractivity contribution in [1.82, 2.24) is 29.9 Å². The van der Waals surface area contributed by atoms with Gasteiger partial charge in [-0.25, -0.2) is 9.97 Å². The summed E-state index contributed by atoms with van der Waals surface area (Å²) in [4.78, 5) is 47.4. The first-order valence-corrected chi connectivity index (χ1v) is 17.6. The molecule has 3 atom stereocenters. The van der Waals surface area contributed by atoms with E-state index in [4.69, 9.17) is 32.9 Å². The van der Waals surface area contributed by atoms with Crippen LogP contribution in [0.2, 0.25) is 10.0 Å². The first kappa shape index (κ1) is 35.5. The molecule has 5 aromatic rings. The van der Waals surface area contributed by atoms with Crippen LogP contribution >= 0.6 is 23.2 Å². The summed E-state index contributed by atoms with van der Waals surface area (Å²) in [5, 5.41) is 26.8. The second kappa shape index (κ2) is 15.0. The van der Waals surface area contributed by atoms with Crippen molar-refractivity contribution >= 4 is 40.7 Å². The normalized spacial score (nSPS) is 18.9. The van der Waals surface area contributed by atoms with Crippen molar-refractivity contribution in [1.29, 1.82) is 0 Å². The topological polar surface area (TPSA) is 158 Å². The van der Waals surface area contributed by atoms with E-state index in [1.165, 1.54) is 10.6 Å². The van der Waals surface area contributed by atoms with Gasteiger partial charge in [0.15, 0.2) is 0 Å². The van der Waals surface area contributed by atoms with Gasteiger partial charge >= 0.3 is 5.97 Å². The van der Waals surface area contributed by atoms with E-state index >= 15 is 0 Å². The minimum absolute atomic E-state index is 0.0598. The molecular weight excluding hydrogens is 707 g/mol. The number of nitrogens with zero attached hydrogens (tertiary/aromatic N) is 4. The number of benzene rings is 2. The summed E-state index contributed by atoms with van der Waals surface area (Å²) in [6.45, 7) is 1.40. The van der Waals surface area contributed by atoms with Crippen LogP contribution in [0.1, 0.15) is 30.4 Å². The number of likely N-dealkylation sites (tertiary alicyclic amines) is 1. The van der Waals surface area contributed by atoms with Crippen molar-refractivity contribution < 1.29 is 24.5 Å². The molecule has 2 aromatic carbocycles. The van der Waals surface area contributed by atoms with Gasteiger partial charge in [-0.1, -0.05) is 65.7 Å². The highest BCUT2D eigenvalue weighted by atomic mass is 35.5. The van der Waals surface area contributed by atoms with Crippen molar-refractivity contribution in [2.75, 3.05) is 20.2 Å². The number of hydrogen-bond donors (Lipinski definition) is 4. The minimum atomic E-state index is -1.04. The molecule has 3 aromatic heterocycles. The number of amides is 1. The number of aliphatic hydroxyl groups is 1. The second-order valence-corrected chi connectivity index (χ2v) is 13.8. The largest absolute Gasteiger partial charge is 0.481 e. The number of rotatable bonds is 11. The number of aromatic nitrogens is 3. The highest BCUT2D eigenvalue weighted by Gasteiger charge is 2.36. The number of aliphatic carboxylic acids is 1. The molecule has 0 unspecified atom stereocenters. The molecule has 2 saturated heterocycles. The summed E-state index contributed by atoms with van der Waals surface area (Å²) in [5.41, 5.74) is 5.48. The quantitative estimate of drug-likeness (QED) is 0.148. The number of hydrogen-bond acceptors (Lipinski definition) is 9. The Morgan fingerprint density at radius 1 is 1.02 bits per heavy atom. The third-order valence-electron chi connectivity index (χ3n) is 9.62. The SMILES string of the molecule is COc1nc(-c2cccc(-c3cccc(-c4ccn5c(=O)c(CN6C[C@H](O)C[C@@H]6C(=O)O)cnc5c4)c3Cl)c2Cl)ccc1CNC[C@H]1CCC(=O)N1. The van der Waals surface area contributed by atoms with E-state index in [2.05, 4.69) is 15.6 Å². The zero-order chi connectivity index (χ0) is 36.5. The van der Waals surface area contributed by atoms with E-state index in [1.807, 2.05) is 48.5 Å². The third kappa shape index (κ3) is 7.12. The molecular formula is C38H36Cl2N6O6. The summed E-state index contributed by atoms with van der Waals surface area (Å²) in [6, 6.07) is 18.0. The predicted molar refractivity (Wildman–Crippen MR) is 197 cm³/mol. The lowest BCUT2D eigenvalue weighted by molar-refractivity contribution is -0.142. The minimum Gasteiger partial charge on any atom is -0.481 e. The van der Waals surface area contributed by atoms with Crippen molar-refractivity contribution in [3.05, 3.63) is 105 Å². The van der Waals surface area contributed by atoms with Crippen LogP contribution in [0.25, 0.3) is 39.2 Å². The molecule has 2 aliphatic heterocycles. The maximum absolute atomic E-state index is 13.4. The molecule has 2 aliphatic rings. The summed E-state index contributed by atoms with van der Waals surface area (Å²) in [5.74, 6) is -0.485. The fourth-order valence-electron chi connectivity index (χ4n) is 6.96. The molecule has 14 heteroatoms. The maximum atomic E-state index is 13.4. The van der Waals surface area contributed by atoms with Crippen molar-refractivity contribution in [3.8, 4) is 39.4 Å². The lowest BCUT2D eigenvalue weighted by atomic mass is 9.97. The van der Waals surface area contributed by atoms with Crippen LogP contribution in [0.15, 0.2) is 77.9 Å². The van der Waals surface area contributed by atoms with Gasteiger partial charge in [0.05, 0.1) is 34.5 Å². The monoisotopic (exact) mass is 742 g/mol. The van der Waals surface area contributed by atoms with Gasteiger partial charge in [0, 0.05) is 85.3 Å². The Morgan fingerprint density at radius 2 is 1.75 bits per heavy atom. The Hall–Kier alpha value is -4.85. The van der Waals surface area contributed by atoms with Crippen molar-refractivity contribution in [3.63, 3.8) is 0 Å². The number of carbonyl (C=O) groups excluding carboxylic acids is 1. The molecule has 1 amide bonds. The average Bonchev–Trinajstić information content (AvgIpc) is 3.73. The van der Waals surface area contributed by atoms with E-state index in [-0.39, 0.29) is 37.0 Å². The van der Waals surface area contributed by atoms with Crippen LogP contribution in [-0.2, 0) is 22.7 Å². The number of methoxy groups -OCH3 is 1. The van der Waals surface area contributed by atoms with Gasteiger partial charge < -0.3 is 25.6 Å². The molecule has 12 nitrogen and oxygen atoms in total. The fourth-order valence-corrected chi connectivity index (χ4v) is 7.62. The number of halogens is 2. The van der Waals surface area contributed by atoms with Crippen LogP contribution in [-0.4, -0.2) is 79.7 Å². The zero-order valence-corrected chi connectivity index (χ0v) is 29.7. The molecule has 0 bridgehead atoms. The van der Waals surface area contributed by atoms with Gasteiger partial charge in [0.1, 0.15) is 11.7 Å². The van der Waals surface area contributed by atoms with Crippen molar-refractivity contribution in [2.45, 2.75) is 50.5 Å². The Kier molecular flexibility index (Phi) is 10.3. The summed E-state index contributed by atoms with van der Waals surface area (Å²) >= 11 is 14.2. The van der Waals surface area contributed by atoms with Gasteiger partial charge in [-0.2, -0.15) is 0 Å². The number of carboxylic acids is 1. The summed E-state index contributed by atoms with van der Waals surface area (Å²) < 4.78 is 7.05. The highest BCUT2D eigenvalue weighted by Crippen LogP contribution is 2.42. The van der Waals surface area contributed by atoms with Crippen LogP contribution in [0.5, 0.6) is 5.88 Å². The molecule has 0 spiro atoms. The van der Waals surface area contributed by atoms with Crippen LogP contribution < -0.4 is 20.9 Å². The fraction of sp³-hybridized carbons (Fsp3) is 0.289. The molecule has 268 valence electrons. The van der Waals surface area contributed by atoms with Crippen LogP contribution in [0.4, 0.5) is 0 Å². The predicted octanol–water partition coefficient (Wildman–Crippen LogP) is 4.79. The highest BCUT2D eigenvalue weighted by molar-refractivity contribution is 6.39. The van der Waals surface area contributed by atoms with Crippen LogP contribution in [0.3, 0.4) is 0 Å². The molecule has 52 heavy (non-hydrogen) atoms. The van der Waals surface area contributed by atoms with Crippen molar-refractivity contribution in [2.24, 2.45) is 0 Å². The molecule has 0 radical (unpaired) electrons. The average molecular weight is 744 g/mol. The zero-order valence-electron chi connectivity index (χ0n) is 28.2.